The SMILES string of the molecule is CC[C@@H]1C[C@H](O)CN1c1cc(-c2cnc(N)c(OC(F)F)c2)nc(C(C)(C)C)n1. The average Bonchev–Trinajstić information content (AvgIpc) is 3.03. The molecule has 0 aromatic carbocycles. The van der Waals surface area contributed by atoms with Crippen molar-refractivity contribution < 1.29 is 18.6 Å². The summed E-state index contributed by atoms with van der Waals surface area (Å²) < 4.78 is 29.8. The number of nitrogens with two attached hydrogens (primary N) is 1. The predicted octanol–water partition coefficient (Wildman–Crippen LogP) is 3.37. The highest BCUT2D eigenvalue weighted by molar-refractivity contribution is 5.67. The van der Waals surface area contributed by atoms with Gasteiger partial charge in [0.1, 0.15) is 11.6 Å². The zero-order chi connectivity index (χ0) is 21.3. The maximum absolute atomic E-state index is 12.7. The van der Waals surface area contributed by atoms with Gasteiger partial charge in [-0.3, -0.25) is 0 Å². The van der Waals surface area contributed by atoms with Gasteiger partial charge in [0.25, 0.3) is 0 Å². The van der Waals surface area contributed by atoms with Crippen LogP contribution in [0.1, 0.15) is 46.4 Å². The molecule has 1 aliphatic heterocycles. The van der Waals surface area contributed by atoms with E-state index in [0.29, 0.717) is 35.9 Å². The van der Waals surface area contributed by atoms with Gasteiger partial charge in [-0.15, -0.1) is 0 Å². The number of nitrogens with zero attached hydrogens (tertiary/aromatic N) is 4. The standard InChI is InChI=1S/C20H27F2N5O2/c1-5-12-7-13(28)10-27(12)16-8-14(25-18(26-16)20(2,3)4)11-6-15(29-19(21)22)17(23)24-9-11/h6,8-9,12-13,19,28H,5,7,10H2,1-4H3,(H2,23,24)/t12-,13+/m1/s1. The summed E-state index contributed by atoms with van der Waals surface area (Å²) in [4.78, 5) is 15.4. The second-order valence-electron chi connectivity index (χ2n) is 8.27. The van der Waals surface area contributed by atoms with Crippen molar-refractivity contribution in [3.63, 3.8) is 0 Å². The molecule has 158 valence electrons. The zero-order valence-electron chi connectivity index (χ0n) is 17.1. The molecule has 0 aliphatic carbocycles. The average molecular weight is 407 g/mol. The van der Waals surface area contributed by atoms with Crippen LogP contribution in [-0.4, -0.2) is 45.4 Å². The summed E-state index contributed by atoms with van der Waals surface area (Å²) in [5.74, 6) is 0.983. The number of anilines is 2. The number of aliphatic hydroxyl groups excluding tert-OH is 1. The van der Waals surface area contributed by atoms with Gasteiger partial charge in [-0.25, -0.2) is 15.0 Å². The van der Waals surface area contributed by atoms with Gasteiger partial charge in [0.2, 0.25) is 0 Å². The topological polar surface area (TPSA) is 97.4 Å². The minimum Gasteiger partial charge on any atom is -0.431 e. The molecule has 7 nitrogen and oxygen atoms in total. The monoisotopic (exact) mass is 407 g/mol. The first kappa shape index (κ1) is 21.2. The molecular weight excluding hydrogens is 380 g/mol. The lowest BCUT2D eigenvalue weighted by molar-refractivity contribution is -0.0494. The van der Waals surface area contributed by atoms with Crippen molar-refractivity contribution in [2.45, 2.75) is 64.7 Å². The van der Waals surface area contributed by atoms with Crippen molar-refractivity contribution >= 4 is 11.6 Å². The third-order valence-electron chi connectivity index (χ3n) is 4.93. The van der Waals surface area contributed by atoms with Crippen LogP contribution in [0.25, 0.3) is 11.3 Å². The Hall–Kier alpha value is -2.55. The Morgan fingerprint density at radius 3 is 2.66 bits per heavy atom. The minimum atomic E-state index is -3.00. The number of aliphatic hydroxyl groups is 1. The third kappa shape index (κ3) is 4.72. The molecule has 0 saturated carbocycles. The van der Waals surface area contributed by atoms with E-state index in [9.17, 15) is 13.9 Å². The number of β-amino-alcohol motifs (C(OH)–C–C–N with tert-alkyl or cyclic N) is 1. The molecule has 0 unspecified atom stereocenters. The quantitative estimate of drug-likeness (QED) is 0.784. The summed E-state index contributed by atoms with van der Waals surface area (Å²) in [6.45, 7) is 5.55. The Labute approximate surface area is 168 Å². The molecule has 29 heavy (non-hydrogen) atoms. The Kier molecular flexibility index (Phi) is 5.88. The maximum Gasteiger partial charge on any atom is 0.387 e. The molecule has 3 N–H and O–H groups in total. The summed E-state index contributed by atoms with van der Waals surface area (Å²) >= 11 is 0. The lowest BCUT2D eigenvalue weighted by Crippen LogP contribution is -2.31. The van der Waals surface area contributed by atoms with E-state index in [2.05, 4.69) is 26.5 Å². The van der Waals surface area contributed by atoms with Gasteiger partial charge in [-0.2, -0.15) is 8.78 Å². The fraction of sp³-hybridized carbons (Fsp3) is 0.550. The van der Waals surface area contributed by atoms with Gasteiger partial charge >= 0.3 is 6.61 Å². The second kappa shape index (κ2) is 8.06. The van der Waals surface area contributed by atoms with Crippen LogP contribution < -0.4 is 15.4 Å². The van der Waals surface area contributed by atoms with Crippen LogP contribution >= 0.6 is 0 Å². The maximum atomic E-state index is 12.7. The summed E-state index contributed by atoms with van der Waals surface area (Å²) in [5.41, 5.74) is 6.35. The van der Waals surface area contributed by atoms with E-state index >= 15 is 0 Å². The zero-order valence-corrected chi connectivity index (χ0v) is 17.1. The summed E-state index contributed by atoms with van der Waals surface area (Å²) in [7, 11) is 0. The van der Waals surface area contributed by atoms with E-state index in [1.54, 1.807) is 6.07 Å². The number of aromatic nitrogens is 3. The van der Waals surface area contributed by atoms with Crippen molar-refractivity contribution in [3.05, 3.63) is 24.2 Å². The highest BCUT2D eigenvalue weighted by Crippen LogP contribution is 2.33. The number of pyridine rings is 1. The molecule has 2 aromatic heterocycles. The van der Waals surface area contributed by atoms with E-state index < -0.39 is 12.7 Å². The highest BCUT2D eigenvalue weighted by Gasteiger charge is 2.32. The minimum absolute atomic E-state index is 0.118. The van der Waals surface area contributed by atoms with E-state index in [4.69, 9.17) is 10.7 Å². The Morgan fingerprint density at radius 1 is 1.31 bits per heavy atom. The van der Waals surface area contributed by atoms with Crippen LogP contribution in [0.4, 0.5) is 20.4 Å². The largest absolute Gasteiger partial charge is 0.431 e. The molecule has 9 heteroatoms. The molecule has 2 atom stereocenters. The van der Waals surface area contributed by atoms with Crippen LogP contribution in [-0.2, 0) is 5.41 Å². The molecule has 0 spiro atoms. The van der Waals surface area contributed by atoms with Gasteiger partial charge in [0, 0.05) is 35.8 Å². The molecule has 0 radical (unpaired) electrons. The van der Waals surface area contributed by atoms with Crippen molar-refractivity contribution in [2.24, 2.45) is 0 Å². The van der Waals surface area contributed by atoms with E-state index in [0.717, 1.165) is 6.42 Å². The third-order valence-corrected chi connectivity index (χ3v) is 4.93. The predicted molar refractivity (Wildman–Crippen MR) is 107 cm³/mol. The number of nitrogen functional groups attached to an aromatic ring is 1. The second-order valence-corrected chi connectivity index (χ2v) is 8.27. The normalized spacial score (nSPS) is 19.8. The summed E-state index contributed by atoms with van der Waals surface area (Å²) in [5, 5.41) is 10.1. The number of hydrogen-bond donors (Lipinski definition) is 2. The van der Waals surface area contributed by atoms with Crippen LogP contribution in [0.5, 0.6) is 5.75 Å². The van der Waals surface area contributed by atoms with Gasteiger partial charge in [0.15, 0.2) is 11.6 Å². The Morgan fingerprint density at radius 2 is 2.03 bits per heavy atom. The Bertz CT molecular complexity index is 872. The first-order valence-electron chi connectivity index (χ1n) is 9.63. The fourth-order valence-corrected chi connectivity index (χ4v) is 3.41. The van der Waals surface area contributed by atoms with Crippen LogP contribution in [0, 0.1) is 0 Å². The first-order valence-corrected chi connectivity index (χ1v) is 9.63. The molecule has 1 saturated heterocycles. The van der Waals surface area contributed by atoms with Gasteiger partial charge in [-0.1, -0.05) is 27.7 Å². The van der Waals surface area contributed by atoms with Gasteiger partial charge in [0.05, 0.1) is 11.8 Å². The fourth-order valence-electron chi connectivity index (χ4n) is 3.41. The highest BCUT2D eigenvalue weighted by atomic mass is 19.3. The molecule has 0 amide bonds. The summed E-state index contributed by atoms with van der Waals surface area (Å²) in [6.07, 6.45) is 2.61. The van der Waals surface area contributed by atoms with E-state index in [-0.39, 0.29) is 23.0 Å². The first-order chi connectivity index (χ1) is 13.6. The number of halogens is 2. The lowest BCUT2D eigenvalue weighted by Gasteiger charge is -2.27. The van der Waals surface area contributed by atoms with Crippen molar-refractivity contribution in [1.29, 1.82) is 0 Å². The number of rotatable bonds is 5. The smallest absolute Gasteiger partial charge is 0.387 e. The molecule has 3 rings (SSSR count). The molecule has 1 aliphatic rings. The van der Waals surface area contributed by atoms with Gasteiger partial charge in [-0.05, 0) is 18.9 Å². The molecular formula is C20H27F2N5O2. The van der Waals surface area contributed by atoms with E-state index in [1.807, 2.05) is 20.8 Å². The molecule has 2 aromatic rings. The van der Waals surface area contributed by atoms with Crippen molar-refractivity contribution in [1.82, 2.24) is 15.0 Å². The van der Waals surface area contributed by atoms with Crippen molar-refractivity contribution in [3.8, 4) is 17.0 Å². The van der Waals surface area contributed by atoms with Crippen molar-refractivity contribution in [2.75, 3.05) is 17.2 Å². The summed E-state index contributed by atoms with van der Waals surface area (Å²) in [6, 6.07) is 3.36. The number of hydrogen-bond acceptors (Lipinski definition) is 7. The van der Waals surface area contributed by atoms with Crippen LogP contribution in [0.15, 0.2) is 18.3 Å². The number of ether oxygens (including phenoxy) is 1. The van der Waals surface area contributed by atoms with Gasteiger partial charge < -0.3 is 20.5 Å². The molecule has 3 heterocycles. The Balaban J connectivity index is 2.10. The van der Waals surface area contributed by atoms with Crippen LogP contribution in [0.3, 0.4) is 0 Å². The lowest BCUT2D eigenvalue weighted by atomic mass is 9.95. The molecule has 1 fully saturated rings. The molecule has 0 bridgehead atoms. The number of alkyl halides is 2. The van der Waals surface area contributed by atoms with Crippen LogP contribution in [0.2, 0.25) is 0 Å². The van der Waals surface area contributed by atoms with E-state index in [1.165, 1.54) is 12.3 Å².